The van der Waals surface area contributed by atoms with Crippen LogP contribution in [0.3, 0.4) is 0 Å². The maximum absolute atomic E-state index is 12.8. The number of amides is 1. The van der Waals surface area contributed by atoms with Crippen LogP contribution in [0, 0.1) is 6.92 Å². The van der Waals surface area contributed by atoms with Crippen LogP contribution in [0.2, 0.25) is 0 Å². The van der Waals surface area contributed by atoms with E-state index in [1.54, 1.807) is 7.11 Å². The fraction of sp³-hybridized carbons (Fsp3) is 0.632. The Kier molecular flexibility index (Phi) is 4.90. The summed E-state index contributed by atoms with van der Waals surface area (Å²) in [5.74, 6) is 1.13. The monoisotopic (exact) mass is 316 g/mol. The van der Waals surface area contributed by atoms with Crippen LogP contribution in [0.1, 0.15) is 36.8 Å². The highest BCUT2D eigenvalue weighted by Gasteiger charge is 2.38. The molecule has 1 amide bonds. The second-order valence-electron chi connectivity index (χ2n) is 6.97. The van der Waals surface area contributed by atoms with Crippen molar-refractivity contribution in [2.45, 2.75) is 51.1 Å². The zero-order chi connectivity index (χ0) is 16.4. The molecule has 0 aromatic heterocycles. The zero-order valence-electron chi connectivity index (χ0n) is 14.5. The van der Waals surface area contributed by atoms with Crippen molar-refractivity contribution in [1.82, 2.24) is 9.80 Å². The lowest BCUT2D eigenvalue weighted by atomic mass is 10.0. The van der Waals surface area contributed by atoms with Gasteiger partial charge in [0.1, 0.15) is 5.75 Å². The number of hydrogen-bond acceptors (Lipinski definition) is 3. The number of likely N-dealkylation sites (N-methyl/N-ethyl adjacent to an activating group) is 1. The molecule has 4 nitrogen and oxygen atoms in total. The van der Waals surface area contributed by atoms with Crippen LogP contribution >= 0.6 is 0 Å². The Morgan fingerprint density at radius 2 is 1.96 bits per heavy atom. The Balaban J connectivity index is 1.69. The van der Waals surface area contributed by atoms with Crippen LogP contribution in [0.5, 0.6) is 5.75 Å². The van der Waals surface area contributed by atoms with Gasteiger partial charge >= 0.3 is 0 Å². The molecule has 2 atom stereocenters. The number of rotatable bonds is 4. The number of likely N-dealkylation sites (tertiary alicyclic amines) is 2. The van der Waals surface area contributed by atoms with Gasteiger partial charge in [0.2, 0.25) is 5.91 Å². The third kappa shape index (κ3) is 3.37. The molecule has 0 unspecified atom stereocenters. The van der Waals surface area contributed by atoms with Crippen molar-refractivity contribution in [2.75, 3.05) is 27.2 Å². The van der Waals surface area contributed by atoms with Gasteiger partial charge in [-0.2, -0.15) is 0 Å². The molecular formula is C19H28N2O2. The quantitative estimate of drug-likeness (QED) is 0.856. The lowest BCUT2D eigenvalue weighted by Crippen LogP contribution is -2.47. The van der Waals surface area contributed by atoms with Crippen LogP contribution in [-0.2, 0) is 11.2 Å². The highest BCUT2D eigenvalue weighted by molar-refractivity contribution is 5.79. The Bertz CT molecular complexity index is 572. The topological polar surface area (TPSA) is 32.8 Å². The average Bonchev–Trinajstić information content (AvgIpc) is 3.17. The zero-order valence-corrected chi connectivity index (χ0v) is 14.5. The minimum Gasteiger partial charge on any atom is -0.496 e. The van der Waals surface area contributed by atoms with E-state index in [1.807, 2.05) is 25.1 Å². The van der Waals surface area contributed by atoms with Gasteiger partial charge in [-0.1, -0.05) is 12.1 Å². The molecule has 2 aliphatic rings. The lowest BCUT2D eigenvalue weighted by molar-refractivity contribution is -0.132. The minimum absolute atomic E-state index is 0.263. The summed E-state index contributed by atoms with van der Waals surface area (Å²) in [6.45, 7) is 4.10. The molecule has 2 fully saturated rings. The molecule has 0 aliphatic carbocycles. The molecule has 4 heteroatoms. The molecule has 0 radical (unpaired) electrons. The largest absolute Gasteiger partial charge is 0.496 e. The van der Waals surface area contributed by atoms with E-state index in [0.717, 1.165) is 36.3 Å². The predicted molar refractivity (Wildman–Crippen MR) is 91.8 cm³/mol. The summed E-state index contributed by atoms with van der Waals surface area (Å²) in [5, 5.41) is 0. The minimum atomic E-state index is 0.263. The highest BCUT2D eigenvalue weighted by atomic mass is 16.5. The van der Waals surface area contributed by atoms with Gasteiger partial charge in [0.15, 0.2) is 0 Å². The van der Waals surface area contributed by atoms with Crippen LogP contribution in [0.25, 0.3) is 0 Å². The number of benzene rings is 1. The fourth-order valence-corrected chi connectivity index (χ4v) is 4.17. The van der Waals surface area contributed by atoms with Gasteiger partial charge in [-0.3, -0.25) is 4.79 Å². The normalized spacial score (nSPS) is 25.1. The van der Waals surface area contributed by atoms with Crippen molar-refractivity contribution >= 4 is 5.91 Å². The van der Waals surface area contributed by atoms with Crippen molar-refractivity contribution in [1.29, 1.82) is 0 Å². The summed E-state index contributed by atoms with van der Waals surface area (Å²) in [7, 11) is 3.88. The van der Waals surface area contributed by atoms with E-state index in [4.69, 9.17) is 4.74 Å². The first-order valence-corrected chi connectivity index (χ1v) is 8.73. The van der Waals surface area contributed by atoms with Gasteiger partial charge < -0.3 is 14.5 Å². The number of carbonyl (C=O) groups is 1. The summed E-state index contributed by atoms with van der Waals surface area (Å²) in [6.07, 6.45) is 5.25. The van der Waals surface area contributed by atoms with Gasteiger partial charge in [-0.05, 0) is 63.4 Å². The fourth-order valence-electron chi connectivity index (χ4n) is 4.17. The third-order valence-corrected chi connectivity index (χ3v) is 5.47. The van der Waals surface area contributed by atoms with E-state index < -0.39 is 0 Å². The number of hydrogen-bond donors (Lipinski definition) is 0. The Labute approximate surface area is 139 Å². The first-order chi connectivity index (χ1) is 11.1. The molecule has 0 N–H and O–H groups in total. The van der Waals surface area contributed by atoms with Gasteiger partial charge in [0, 0.05) is 18.6 Å². The van der Waals surface area contributed by atoms with Crippen molar-refractivity contribution in [3.63, 3.8) is 0 Å². The van der Waals surface area contributed by atoms with Gasteiger partial charge in [0.25, 0.3) is 0 Å². The summed E-state index contributed by atoms with van der Waals surface area (Å²) >= 11 is 0. The van der Waals surface area contributed by atoms with Crippen LogP contribution in [0.4, 0.5) is 0 Å². The van der Waals surface area contributed by atoms with Gasteiger partial charge in [-0.15, -0.1) is 0 Å². The van der Waals surface area contributed by atoms with E-state index in [1.165, 1.54) is 19.4 Å². The van der Waals surface area contributed by atoms with Crippen LogP contribution in [0.15, 0.2) is 18.2 Å². The number of ether oxygens (including phenoxy) is 1. The molecule has 2 saturated heterocycles. The van der Waals surface area contributed by atoms with Crippen molar-refractivity contribution in [3.8, 4) is 5.75 Å². The Hall–Kier alpha value is -1.55. The van der Waals surface area contributed by atoms with Gasteiger partial charge in [0.05, 0.1) is 13.5 Å². The SMILES string of the molecule is COc1cc(CC(=O)N2CCC[C@@H]2[C@@H]2CCCN2C)ccc1C. The summed E-state index contributed by atoms with van der Waals surface area (Å²) in [5.41, 5.74) is 2.15. The lowest BCUT2D eigenvalue weighted by Gasteiger charge is -2.33. The molecule has 1 aromatic rings. The molecule has 0 bridgehead atoms. The van der Waals surface area contributed by atoms with Crippen molar-refractivity contribution in [3.05, 3.63) is 29.3 Å². The molecule has 23 heavy (non-hydrogen) atoms. The summed E-state index contributed by atoms with van der Waals surface area (Å²) in [4.78, 5) is 17.4. The molecule has 3 rings (SSSR count). The maximum atomic E-state index is 12.8. The number of aryl methyl sites for hydroxylation is 1. The number of nitrogens with zero attached hydrogens (tertiary/aromatic N) is 2. The molecule has 1 aromatic carbocycles. The first-order valence-electron chi connectivity index (χ1n) is 8.73. The molecule has 126 valence electrons. The van der Waals surface area contributed by atoms with Crippen LogP contribution in [-0.4, -0.2) is 55.0 Å². The molecule has 2 heterocycles. The molecular weight excluding hydrogens is 288 g/mol. The number of carbonyl (C=O) groups excluding carboxylic acids is 1. The molecule has 2 aliphatic heterocycles. The first kappa shape index (κ1) is 16.3. The molecule has 0 saturated carbocycles. The second kappa shape index (κ2) is 6.91. The van der Waals surface area contributed by atoms with Crippen LogP contribution < -0.4 is 4.74 Å². The Morgan fingerprint density at radius 3 is 2.65 bits per heavy atom. The Morgan fingerprint density at radius 1 is 1.22 bits per heavy atom. The van der Waals surface area contributed by atoms with Gasteiger partial charge in [-0.25, -0.2) is 0 Å². The maximum Gasteiger partial charge on any atom is 0.227 e. The predicted octanol–water partition coefficient (Wildman–Crippen LogP) is 2.63. The van der Waals surface area contributed by atoms with E-state index in [-0.39, 0.29) is 5.91 Å². The third-order valence-electron chi connectivity index (χ3n) is 5.47. The van der Waals surface area contributed by atoms with E-state index >= 15 is 0 Å². The molecule has 0 spiro atoms. The van der Waals surface area contributed by atoms with E-state index in [0.29, 0.717) is 18.5 Å². The second-order valence-corrected chi connectivity index (χ2v) is 6.97. The summed E-state index contributed by atoms with van der Waals surface area (Å²) < 4.78 is 5.38. The van der Waals surface area contributed by atoms with Crippen molar-refractivity contribution < 1.29 is 9.53 Å². The standard InChI is InChI=1S/C19H28N2O2/c1-14-8-9-15(12-18(14)23-3)13-19(22)21-11-5-7-17(21)16-6-4-10-20(16)2/h8-9,12,16-17H,4-7,10-11,13H2,1-3H3/t16-,17+/m0/s1. The van der Waals surface area contributed by atoms with E-state index in [2.05, 4.69) is 16.8 Å². The number of methoxy groups -OCH3 is 1. The van der Waals surface area contributed by atoms with E-state index in [9.17, 15) is 4.79 Å². The average molecular weight is 316 g/mol. The highest BCUT2D eigenvalue weighted by Crippen LogP contribution is 2.29. The van der Waals surface area contributed by atoms with Crippen molar-refractivity contribution in [2.24, 2.45) is 0 Å². The smallest absolute Gasteiger partial charge is 0.227 e. The summed E-state index contributed by atoms with van der Waals surface area (Å²) in [6, 6.07) is 7.03.